The van der Waals surface area contributed by atoms with E-state index in [1.165, 1.54) is 0 Å². The molecule has 0 unspecified atom stereocenters. The van der Waals surface area contributed by atoms with Crippen molar-refractivity contribution < 1.29 is 9.47 Å². The van der Waals surface area contributed by atoms with Crippen LogP contribution in [-0.4, -0.2) is 13.7 Å². The highest BCUT2D eigenvalue weighted by atomic mass is 35.5. The van der Waals surface area contributed by atoms with E-state index in [2.05, 4.69) is 6.07 Å². The molecule has 0 atom stereocenters. The molecule has 0 aliphatic heterocycles. The first-order valence-electron chi connectivity index (χ1n) is 6.79. The summed E-state index contributed by atoms with van der Waals surface area (Å²) in [4.78, 5) is 0. The van der Waals surface area contributed by atoms with Crippen LogP contribution in [0, 0.1) is 16.7 Å². The Hall–Kier alpha value is -1.40. The van der Waals surface area contributed by atoms with Crippen LogP contribution in [0.15, 0.2) is 18.2 Å². The molecule has 0 radical (unpaired) electrons. The molecule has 0 spiro atoms. The van der Waals surface area contributed by atoms with E-state index < -0.39 is 0 Å². The summed E-state index contributed by atoms with van der Waals surface area (Å²) in [5.41, 5.74) is 0.756. The van der Waals surface area contributed by atoms with E-state index in [1.54, 1.807) is 7.11 Å². The Morgan fingerprint density at radius 2 is 2.00 bits per heavy atom. The summed E-state index contributed by atoms with van der Waals surface area (Å²) in [6, 6.07) is 8.02. The van der Waals surface area contributed by atoms with Gasteiger partial charge in [0.15, 0.2) is 11.5 Å². The molecule has 0 amide bonds. The van der Waals surface area contributed by atoms with Crippen molar-refractivity contribution in [1.29, 1.82) is 5.26 Å². The first kappa shape index (κ1) is 16.7. The van der Waals surface area contributed by atoms with Gasteiger partial charge in [0, 0.05) is 5.88 Å². The molecule has 1 rings (SSSR count). The van der Waals surface area contributed by atoms with Crippen molar-refractivity contribution in [2.24, 2.45) is 5.41 Å². The topological polar surface area (TPSA) is 42.2 Å². The lowest BCUT2D eigenvalue weighted by Crippen LogP contribution is -2.08. The molecule has 0 aromatic heterocycles. The fraction of sp³-hybridized carbons (Fsp3) is 0.562. The molecule has 0 N–H and O–H groups in total. The normalized spacial score (nSPS) is 10.9. The monoisotopic (exact) mass is 295 g/mol. The van der Waals surface area contributed by atoms with Crippen molar-refractivity contribution in [3.05, 3.63) is 23.8 Å². The van der Waals surface area contributed by atoms with Gasteiger partial charge in [0.05, 0.1) is 25.2 Å². The van der Waals surface area contributed by atoms with Crippen molar-refractivity contribution in [2.45, 2.75) is 39.0 Å². The number of methoxy groups -OCH3 is 1. The van der Waals surface area contributed by atoms with E-state index in [1.807, 2.05) is 32.0 Å². The highest BCUT2D eigenvalue weighted by Gasteiger charge is 2.15. The third-order valence-electron chi connectivity index (χ3n) is 3.14. The average molecular weight is 296 g/mol. The fourth-order valence-electron chi connectivity index (χ4n) is 1.82. The quantitative estimate of drug-likeness (QED) is 0.522. The average Bonchev–Trinajstić information content (AvgIpc) is 2.46. The highest BCUT2D eigenvalue weighted by molar-refractivity contribution is 6.17. The number of rotatable bonds is 8. The Balaban J connectivity index is 2.41. The van der Waals surface area contributed by atoms with E-state index in [0.29, 0.717) is 18.2 Å². The van der Waals surface area contributed by atoms with Crippen LogP contribution in [0.1, 0.15) is 38.7 Å². The Bertz CT molecular complexity index is 466. The van der Waals surface area contributed by atoms with Crippen molar-refractivity contribution in [2.75, 3.05) is 13.7 Å². The molecule has 0 saturated heterocycles. The van der Waals surface area contributed by atoms with Gasteiger partial charge in [0.1, 0.15) is 0 Å². The Kier molecular flexibility index (Phi) is 6.67. The second-order valence-electron chi connectivity index (χ2n) is 5.42. The number of nitriles is 1. The molecular weight excluding hydrogens is 274 g/mol. The SMILES string of the molecule is COc1cc(CCl)ccc1OCCCCC(C)(C)C#N. The summed E-state index contributed by atoms with van der Waals surface area (Å²) in [5.74, 6) is 1.90. The molecule has 4 heteroatoms. The molecule has 0 heterocycles. The van der Waals surface area contributed by atoms with Gasteiger partial charge in [-0.05, 0) is 50.8 Å². The van der Waals surface area contributed by atoms with Crippen LogP contribution in [0.4, 0.5) is 0 Å². The summed E-state index contributed by atoms with van der Waals surface area (Å²) >= 11 is 5.79. The lowest BCUT2D eigenvalue weighted by atomic mass is 9.89. The van der Waals surface area contributed by atoms with Crippen molar-refractivity contribution in [1.82, 2.24) is 0 Å². The van der Waals surface area contributed by atoms with Crippen LogP contribution < -0.4 is 9.47 Å². The number of nitrogens with zero attached hydrogens (tertiary/aromatic N) is 1. The van der Waals surface area contributed by atoms with E-state index in [4.69, 9.17) is 26.3 Å². The first-order valence-corrected chi connectivity index (χ1v) is 7.33. The van der Waals surface area contributed by atoms with Gasteiger partial charge in [-0.15, -0.1) is 11.6 Å². The Morgan fingerprint density at radius 3 is 2.60 bits per heavy atom. The van der Waals surface area contributed by atoms with E-state index >= 15 is 0 Å². The Morgan fingerprint density at radius 1 is 1.25 bits per heavy atom. The number of hydrogen-bond acceptors (Lipinski definition) is 3. The highest BCUT2D eigenvalue weighted by Crippen LogP contribution is 2.29. The summed E-state index contributed by atoms with van der Waals surface area (Å²) < 4.78 is 11.0. The van der Waals surface area contributed by atoms with Crippen LogP contribution in [-0.2, 0) is 5.88 Å². The van der Waals surface area contributed by atoms with Crippen LogP contribution in [0.5, 0.6) is 11.5 Å². The van der Waals surface area contributed by atoms with Gasteiger partial charge in [-0.1, -0.05) is 6.07 Å². The van der Waals surface area contributed by atoms with Crippen molar-refractivity contribution in [3.8, 4) is 17.6 Å². The van der Waals surface area contributed by atoms with Crippen LogP contribution >= 0.6 is 11.6 Å². The number of benzene rings is 1. The summed E-state index contributed by atoms with van der Waals surface area (Å²) in [7, 11) is 1.62. The molecule has 20 heavy (non-hydrogen) atoms. The minimum absolute atomic E-state index is 0.250. The van der Waals surface area contributed by atoms with Gasteiger partial charge in [-0.25, -0.2) is 0 Å². The van der Waals surface area contributed by atoms with Crippen molar-refractivity contribution in [3.63, 3.8) is 0 Å². The molecule has 0 aliphatic rings. The smallest absolute Gasteiger partial charge is 0.161 e. The van der Waals surface area contributed by atoms with Gasteiger partial charge < -0.3 is 9.47 Å². The molecule has 1 aromatic carbocycles. The van der Waals surface area contributed by atoms with Gasteiger partial charge in [0.25, 0.3) is 0 Å². The summed E-state index contributed by atoms with van der Waals surface area (Å²) in [6.45, 7) is 4.54. The first-order chi connectivity index (χ1) is 9.52. The zero-order chi connectivity index (χ0) is 15.0. The standard InChI is InChI=1S/C16H22ClNO2/c1-16(2,12-18)8-4-5-9-20-14-7-6-13(11-17)10-15(14)19-3/h6-7,10H,4-5,8-9,11H2,1-3H3. The predicted octanol–water partition coefficient (Wildman–Crippen LogP) is 4.53. The molecular formula is C16H22ClNO2. The lowest BCUT2D eigenvalue weighted by molar-refractivity contribution is 0.278. The molecule has 0 saturated carbocycles. The van der Waals surface area contributed by atoms with Gasteiger partial charge in [-0.2, -0.15) is 5.26 Å². The van der Waals surface area contributed by atoms with Crippen LogP contribution in [0.3, 0.4) is 0 Å². The molecule has 0 fully saturated rings. The number of halogens is 1. The van der Waals surface area contributed by atoms with E-state index in [0.717, 1.165) is 30.6 Å². The maximum absolute atomic E-state index is 8.94. The predicted molar refractivity (Wildman–Crippen MR) is 81.3 cm³/mol. The van der Waals surface area contributed by atoms with Gasteiger partial charge in [-0.3, -0.25) is 0 Å². The summed E-state index contributed by atoms with van der Waals surface area (Å²) in [6.07, 6.45) is 2.78. The minimum Gasteiger partial charge on any atom is -0.493 e. The lowest BCUT2D eigenvalue weighted by Gasteiger charge is -2.15. The molecule has 0 aliphatic carbocycles. The summed E-state index contributed by atoms with van der Waals surface area (Å²) in [5, 5.41) is 8.94. The number of hydrogen-bond donors (Lipinski definition) is 0. The minimum atomic E-state index is -0.250. The fourth-order valence-corrected chi connectivity index (χ4v) is 1.99. The Labute approximate surface area is 126 Å². The third kappa shape index (κ3) is 5.30. The molecule has 1 aromatic rings. The van der Waals surface area contributed by atoms with Gasteiger partial charge in [0.2, 0.25) is 0 Å². The molecule has 110 valence electrons. The second-order valence-corrected chi connectivity index (χ2v) is 5.69. The van der Waals surface area contributed by atoms with Crippen LogP contribution in [0.2, 0.25) is 0 Å². The van der Waals surface area contributed by atoms with E-state index in [-0.39, 0.29) is 5.41 Å². The van der Waals surface area contributed by atoms with Crippen LogP contribution in [0.25, 0.3) is 0 Å². The zero-order valence-electron chi connectivity index (χ0n) is 12.4. The zero-order valence-corrected chi connectivity index (χ0v) is 13.2. The molecule has 0 bridgehead atoms. The largest absolute Gasteiger partial charge is 0.493 e. The van der Waals surface area contributed by atoms with Gasteiger partial charge >= 0.3 is 0 Å². The maximum atomic E-state index is 8.94. The maximum Gasteiger partial charge on any atom is 0.161 e. The van der Waals surface area contributed by atoms with E-state index in [9.17, 15) is 0 Å². The second kappa shape index (κ2) is 8.01. The van der Waals surface area contributed by atoms with Crippen molar-refractivity contribution >= 4 is 11.6 Å². The molecule has 3 nitrogen and oxygen atoms in total. The number of unbranched alkanes of at least 4 members (excludes halogenated alkanes) is 1. The number of alkyl halides is 1. The third-order valence-corrected chi connectivity index (χ3v) is 3.45. The number of ether oxygens (including phenoxy) is 2.